The van der Waals surface area contributed by atoms with Crippen molar-refractivity contribution < 1.29 is 9.53 Å². The summed E-state index contributed by atoms with van der Waals surface area (Å²) in [6.07, 6.45) is 7.13. The molecule has 0 aliphatic heterocycles. The predicted octanol–water partition coefficient (Wildman–Crippen LogP) is 2.28. The van der Waals surface area contributed by atoms with E-state index in [1.807, 2.05) is 0 Å². The molecule has 3 N–H and O–H groups in total. The number of amides is 1. The molecule has 0 bridgehead atoms. The first-order valence-corrected chi connectivity index (χ1v) is 7.89. The Morgan fingerprint density at radius 2 is 1.85 bits per heavy atom. The van der Waals surface area contributed by atoms with E-state index >= 15 is 0 Å². The Morgan fingerprint density at radius 1 is 1.15 bits per heavy atom. The summed E-state index contributed by atoms with van der Waals surface area (Å²) < 4.78 is 5.33. The molecule has 4 heteroatoms. The van der Waals surface area contributed by atoms with Gasteiger partial charge in [-0.15, -0.1) is 11.8 Å². The SMILES string of the molecule is NCCCCCNC(=O)OCC1[C@H]2CCC#CCC[C@@H]12. The maximum absolute atomic E-state index is 11.6. The predicted molar refractivity (Wildman–Crippen MR) is 79.0 cm³/mol. The Bertz CT molecular complexity index is 354. The lowest BCUT2D eigenvalue weighted by atomic mass is 10.1. The summed E-state index contributed by atoms with van der Waals surface area (Å²) in [5, 5.41) is 2.80. The van der Waals surface area contributed by atoms with Gasteiger partial charge in [-0.1, -0.05) is 6.42 Å². The van der Waals surface area contributed by atoms with E-state index < -0.39 is 0 Å². The van der Waals surface area contributed by atoms with Crippen molar-refractivity contribution in [2.75, 3.05) is 19.7 Å². The summed E-state index contributed by atoms with van der Waals surface area (Å²) in [5.74, 6) is 8.44. The average molecular weight is 278 g/mol. The van der Waals surface area contributed by atoms with Gasteiger partial charge < -0.3 is 15.8 Å². The molecular formula is C16H26N2O2. The van der Waals surface area contributed by atoms with E-state index in [1.54, 1.807) is 0 Å². The normalized spacial score (nSPS) is 27.4. The van der Waals surface area contributed by atoms with Crippen molar-refractivity contribution in [1.29, 1.82) is 0 Å². The van der Waals surface area contributed by atoms with Crippen molar-refractivity contribution in [1.82, 2.24) is 5.32 Å². The second kappa shape index (κ2) is 8.16. The largest absolute Gasteiger partial charge is 0.449 e. The zero-order valence-corrected chi connectivity index (χ0v) is 12.2. The second-order valence-electron chi connectivity index (χ2n) is 5.80. The first-order valence-electron chi connectivity index (χ1n) is 7.89. The minimum absolute atomic E-state index is 0.270. The summed E-state index contributed by atoms with van der Waals surface area (Å²) in [6.45, 7) is 1.98. The molecule has 0 radical (unpaired) electrons. The summed E-state index contributed by atoms with van der Waals surface area (Å²) in [6, 6.07) is 0. The van der Waals surface area contributed by atoms with Crippen molar-refractivity contribution >= 4 is 6.09 Å². The summed E-state index contributed by atoms with van der Waals surface area (Å²) in [5.41, 5.74) is 5.42. The van der Waals surface area contributed by atoms with Crippen molar-refractivity contribution in [3.8, 4) is 11.8 Å². The van der Waals surface area contributed by atoms with Crippen LogP contribution in [0.1, 0.15) is 44.9 Å². The standard InChI is InChI=1S/C16H26N2O2/c17-10-6-3-7-11-18-16(19)20-12-15-13-8-4-1-2-5-9-14(13)15/h13-15H,3-12,17H2,(H,18,19)/t13-,14+,15?. The number of nitrogens with two attached hydrogens (primary N) is 1. The first kappa shape index (κ1) is 15.2. The number of nitrogens with one attached hydrogen (secondary N) is 1. The molecule has 1 unspecified atom stereocenters. The fourth-order valence-electron chi connectivity index (χ4n) is 3.14. The lowest BCUT2D eigenvalue weighted by Gasteiger charge is -2.06. The summed E-state index contributed by atoms with van der Waals surface area (Å²) >= 11 is 0. The quantitative estimate of drug-likeness (QED) is 0.554. The van der Waals surface area contributed by atoms with E-state index in [1.165, 1.54) is 12.8 Å². The van der Waals surface area contributed by atoms with Gasteiger partial charge in [-0.25, -0.2) is 4.79 Å². The molecule has 0 aromatic carbocycles. The Morgan fingerprint density at radius 3 is 2.50 bits per heavy atom. The number of hydrogen-bond donors (Lipinski definition) is 2. The molecule has 1 fully saturated rings. The highest BCUT2D eigenvalue weighted by Gasteiger charge is 2.49. The molecular weight excluding hydrogens is 252 g/mol. The number of unbranched alkanes of at least 4 members (excludes halogenated alkanes) is 2. The highest BCUT2D eigenvalue weighted by molar-refractivity contribution is 5.67. The molecule has 1 saturated carbocycles. The van der Waals surface area contributed by atoms with Crippen molar-refractivity contribution in [2.24, 2.45) is 23.5 Å². The molecule has 0 aromatic rings. The van der Waals surface area contributed by atoms with Gasteiger partial charge in [0.1, 0.15) is 0 Å². The van der Waals surface area contributed by atoms with E-state index in [2.05, 4.69) is 17.2 Å². The zero-order chi connectivity index (χ0) is 14.2. The number of hydrogen-bond acceptors (Lipinski definition) is 3. The molecule has 0 aromatic heterocycles. The topological polar surface area (TPSA) is 64.3 Å². The van der Waals surface area contributed by atoms with Crippen molar-refractivity contribution in [2.45, 2.75) is 44.9 Å². The fraction of sp³-hybridized carbons (Fsp3) is 0.812. The lowest BCUT2D eigenvalue weighted by Crippen LogP contribution is -2.26. The van der Waals surface area contributed by atoms with E-state index in [0.717, 1.165) is 50.5 Å². The number of fused-ring (bicyclic) bond motifs is 1. The van der Waals surface area contributed by atoms with Gasteiger partial charge in [0.15, 0.2) is 0 Å². The van der Waals surface area contributed by atoms with E-state index in [9.17, 15) is 4.79 Å². The van der Waals surface area contributed by atoms with Crippen molar-refractivity contribution in [3.63, 3.8) is 0 Å². The average Bonchev–Trinajstić information content (AvgIpc) is 3.06. The van der Waals surface area contributed by atoms with Crippen LogP contribution in [0.2, 0.25) is 0 Å². The molecule has 2 aliphatic rings. The minimum atomic E-state index is -0.270. The molecule has 20 heavy (non-hydrogen) atoms. The molecule has 2 aliphatic carbocycles. The van der Waals surface area contributed by atoms with E-state index in [4.69, 9.17) is 10.5 Å². The van der Waals surface area contributed by atoms with Crippen LogP contribution in [0.4, 0.5) is 4.79 Å². The third-order valence-electron chi connectivity index (χ3n) is 4.40. The van der Waals surface area contributed by atoms with E-state index in [-0.39, 0.29) is 6.09 Å². The smallest absolute Gasteiger partial charge is 0.407 e. The third kappa shape index (κ3) is 4.72. The van der Waals surface area contributed by atoms with Crippen LogP contribution in [-0.2, 0) is 4.74 Å². The van der Waals surface area contributed by atoms with Gasteiger partial charge in [0.05, 0.1) is 6.61 Å². The minimum Gasteiger partial charge on any atom is -0.449 e. The highest BCUT2D eigenvalue weighted by atomic mass is 16.5. The first-order chi connectivity index (χ1) is 9.83. The Balaban J connectivity index is 1.54. The lowest BCUT2D eigenvalue weighted by molar-refractivity contribution is 0.137. The third-order valence-corrected chi connectivity index (χ3v) is 4.40. The van der Waals surface area contributed by atoms with Gasteiger partial charge in [0, 0.05) is 19.4 Å². The van der Waals surface area contributed by atoms with Crippen LogP contribution < -0.4 is 11.1 Å². The van der Waals surface area contributed by atoms with Crippen LogP contribution in [0, 0.1) is 29.6 Å². The monoisotopic (exact) mass is 278 g/mol. The molecule has 2 rings (SSSR count). The number of carbonyl (C=O) groups is 1. The van der Waals surface area contributed by atoms with Crippen molar-refractivity contribution in [3.05, 3.63) is 0 Å². The zero-order valence-electron chi connectivity index (χ0n) is 12.2. The Kier molecular flexibility index (Phi) is 6.20. The van der Waals surface area contributed by atoms with Crippen LogP contribution in [0.25, 0.3) is 0 Å². The van der Waals surface area contributed by atoms with Crippen LogP contribution in [0.5, 0.6) is 0 Å². The number of ether oxygens (including phenoxy) is 1. The van der Waals surface area contributed by atoms with Gasteiger partial charge >= 0.3 is 6.09 Å². The Hall–Kier alpha value is -1.21. The fourth-order valence-corrected chi connectivity index (χ4v) is 3.14. The number of rotatable bonds is 7. The maximum Gasteiger partial charge on any atom is 0.407 e. The Labute approximate surface area is 121 Å². The van der Waals surface area contributed by atoms with Crippen LogP contribution in [0.15, 0.2) is 0 Å². The number of carbonyl (C=O) groups excluding carboxylic acids is 1. The second-order valence-corrected chi connectivity index (χ2v) is 5.80. The molecule has 4 nitrogen and oxygen atoms in total. The van der Waals surface area contributed by atoms with Crippen LogP contribution in [-0.4, -0.2) is 25.8 Å². The molecule has 112 valence electrons. The van der Waals surface area contributed by atoms with Gasteiger partial charge in [0.25, 0.3) is 0 Å². The molecule has 1 amide bonds. The molecule has 0 spiro atoms. The van der Waals surface area contributed by atoms with Crippen LogP contribution in [0.3, 0.4) is 0 Å². The van der Waals surface area contributed by atoms with E-state index in [0.29, 0.717) is 19.1 Å². The van der Waals surface area contributed by atoms with Gasteiger partial charge in [-0.3, -0.25) is 0 Å². The van der Waals surface area contributed by atoms with Gasteiger partial charge in [-0.05, 0) is 50.0 Å². The van der Waals surface area contributed by atoms with Gasteiger partial charge in [-0.2, -0.15) is 0 Å². The molecule has 3 atom stereocenters. The molecule has 0 saturated heterocycles. The number of alkyl carbamates (subject to hydrolysis) is 1. The summed E-state index contributed by atoms with van der Waals surface area (Å²) in [4.78, 5) is 11.6. The summed E-state index contributed by atoms with van der Waals surface area (Å²) in [7, 11) is 0. The maximum atomic E-state index is 11.6. The van der Waals surface area contributed by atoms with Gasteiger partial charge in [0.2, 0.25) is 0 Å². The van der Waals surface area contributed by atoms with Crippen LogP contribution >= 0.6 is 0 Å². The molecule has 0 heterocycles. The highest BCUT2D eigenvalue weighted by Crippen LogP contribution is 2.52.